The molecular formula is C19H24N2O3. The molecule has 0 N–H and O–H groups in total. The largest absolute Gasteiger partial charge is 0.339 e. The normalized spacial score (nSPS) is 16.7. The number of benzene rings is 1. The first-order valence-corrected chi connectivity index (χ1v) is 8.73. The van der Waals surface area contributed by atoms with E-state index in [0.717, 1.165) is 19.4 Å². The van der Waals surface area contributed by atoms with Crippen molar-refractivity contribution in [1.82, 2.24) is 9.80 Å². The molecule has 1 saturated carbocycles. The summed E-state index contributed by atoms with van der Waals surface area (Å²) < 4.78 is 0. The first-order chi connectivity index (χ1) is 11.5. The lowest BCUT2D eigenvalue weighted by atomic mass is 10.1. The van der Waals surface area contributed by atoms with Gasteiger partial charge in [-0.2, -0.15) is 0 Å². The van der Waals surface area contributed by atoms with Crippen LogP contribution in [0.3, 0.4) is 0 Å². The van der Waals surface area contributed by atoms with E-state index in [0.29, 0.717) is 42.5 Å². The smallest absolute Gasteiger partial charge is 0.261 e. The molecule has 1 fully saturated rings. The molecular weight excluding hydrogens is 304 g/mol. The van der Waals surface area contributed by atoms with E-state index in [2.05, 4.69) is 13.8 Å². The standard InChI is InChI=1S/C19H24N2O3/c1-13(2)12-21(14-9-10-14)17(22)8-5-11-20-18(23)15-6-3-4-7-16(15)19(20)24/h3-4,6-7,13-14H,5,8-12H2,1-2H3. The number of rotatable bonds is 7. The molecule has 0 radical (unpaired) electrons. The average molecular weight is 328 g/mol. The van der Waals surface area contributed by atoms with Crippen LogP contribution in [0.25, 0.3) is 0 Å². The predicted molar refractivity (Wildman–Crippen MR) is 90.6 cm³/mol. The number of carbonyl (C=O) groups excluding carboxylic acids is 3. The number of fused-ring (bicyclic) bond motifs is 1. The first-order valence-electron chi connectivity index (χ1n) is 8.73. The zero-order chi connectivity index (χ0) is 17.3. The second-order valence-corrected chi connectivity index (χ2v) is 7.08. The van der Waals surface area contributed by atoms with Gasteiger partial charge in [0.05, 0.1) is 11.1 Å². The van der Waals surface area contributed by atoms with Gasteiger partial charge in [0.15, 0.2) is 0 Å². The molecule has 1 heterocycles. The molecule has 3 amide bonds. The van der Waals surface area contributed by atoms with Crippen LogP contribution < -0.4 is 0 Å². The van der Waals surface area contributed by atoms with Gasteiger partial charge in [-0.25, -0.2) is 0 Å². The molecule has 24 heavy (non-hydrogen) atoms. The molecule has 1 aliphatic heterocycles. The van der Waals surface area contributed by atoms with Gasteiger partial charge >= 0.3 is 0 Å². The van der Waals surface area contributed by atoms with E-state index in [1.54, 1.807) is 24.3 Å². The summed E-state index contributed by atoms with van der Waals surface area (Å²) in [6, 6.07) is 7.28. The quantitative estimate of drug-likeness (QED) is 0.723. The Morgan fingerprint density at radius 3 is 2.25 bits per heavy atom. The van der Waals surface area contributed by atoms with Crippen molar-refractivity contribution in [3.8, 4) is 0 Å². The molecule has 5 nitrogen and oxygen atoms in total. The number of imide groups is 1. The van der Waals surface area contributed by atoms with Crippen LogP contribution in [-0.2, 0) is 4.79 Å². The third kappa shape index (κ3) is 3.35. The highest BCUT2D eigenvalue weighted by atomic mass is 16.2. The minimum atomic E-state index is -0.246. The molecule has 0 aromatic heterocycles. The van der Waals surface area contributed by atoms with Gasteiger partial charge in [0, 0.05) is 25.6 Å². The molecule has 0 atom stereocenters. The van der Waals surface area contributed by atoms with Crippen LogP contribution in [0, 0.1) is 5.92 Å². The van der Waals surface area contributed by atoms with Gasteiger partial charge in [-0.3, -0.25) is 19.3 Å². The summed E-state index contributed by atoms with van der Waals surface area (Å²) in [6.07, 6.45) is 3.09. The van der Waals surface area contributed by atoms with Gasteiger partial charge in [-0.1, -0.05) is 26.0 Å². The fourth-order valence-electron chi connectivity index (χ4n) is 3.21. The number of amides is 3. The van der Waals surface area contributed by atoms with E-state index in [-0.39, 0.29) is 17.7 Å². The van der Waals surface area contributed by atoms with Gasteiger partial charge in [0.25, 0.3) is 11.8 Å². The maximum Gasteiger partial charge on any atom is 0.261 e. The van der Waals surface area contributed by atoms with Crippen molar-refractivity contribution in [1.29, 1.82) is 0 Å². The Bertz CT molecular complexity index is 629. The van der Waals surface area contributed by atoms with E-state index in [1.807, 2.05) is 4.90 Å². The van der Waals surface area contributed by atoms with E-state index in [9.17, 15) is 14.4 Å². The van der Waals surface area contributed by atoms with Crippen LogP contribution in [0.2, 0.25) is 0 Å². The third-order valence-electron chi connectivity index (χ3n) is 4.52. The summed E-state index contributed by atoms with van der Waals surface area (Å²) in [5.41, 5.74) is 0.932. The summed E-state index contributed by atoms with van der Waals surface area (Å²) in [5.74, 6) is 0.0992. The van der Waals surface area contributed by atoms with Crippen molar-refractivity contribution in [3.63, 3.8) is 0 Å². The van der Waals surface area contributed by atoms with Crippen molar-refractivity contribution < 1.29 is 14.4 Å². The second-order valence-electron chi connectivity index (χ2n) is 7.08. The van der Waals surface area contributed by atoms with E-state index >= 15 is 0 Å². The van der Waals surface area contributed by atoms with E-state index in [1.165, 1.54) is 4.90 Å². The van der Waals surface area contributed by atoms with Gasteiger partial charge in [0.2, 0.25) is 5.91 Å². The van der Waals surface area contributed by atoms with Crippen LogP contribution >= 0.6 is 0 Å². The number of hydrogen-bond donors (Lipinski definition) is 0. The van der Waals surface area contributed by atoms with Crippen molar-refractivity contribution in [2.24, 2.45) is 5.92 Å². The monoisotopic (exact) mass is 328 g/mol. The van der Waals surface area contributed by atoms with Gasteiger partial charge < -0.3 is 4.90 Å². The zero-order valence-electron chi connectivity index (χ0n) is 14.3. The van der Waals surface area contributed by atoms with E-state index in [4.69, 9.17) is 0 Å². The average Bonchev–Trinajstić information content (AvgIpc) is 3.36. The molecule has 0 spiro atoms. The van der Waals surface area contributed by atoms with Gasteiger partial charge in [-0.05, 0) is 37.3 Å². The maximum atomic E-state index is 12.5. The molecule has 2 aliphatic rings. The minimum Gasteiger partial charge on any atom is -0.339 e. The van der Waals surface area contributed by atoms with Crippen LogP contribution in [0.1, 0.15) is 60.2 Å². The zero-order valence-corrected chi connectivity index (χ0v) is 14.3. The van der Waals surface area contributed by atoms with Crippen molar-refractivity contribution in [2.45, 2.75) is 45.6 Å². The maximum absolute atomic E-state index is 12.5. The molecule has 1 aliphatic carbocycles. The lowest BCUT2D eigenvalue weighted by Gasteiger charge is -2.25. The minimum absolute atomic E-state index is 0.141. The summed E-state index contributed by atoms with van der Waals surface area (Å²) in [5, 5.41) is 0. The molecule has 5 heteroatoms. The lowest BCUT2D eigenvalue weighted by molar-refractivity contribution is -0.132. The van der Waals surface area contributed by atoms with Crippen molar-refractivity contribution >= 4 is 17.7 Å². The summed E-state index contributed by atoms with van der Waals surface area (Å²) in [7, 11) is 0. The molecule has 3 rings (SSSR count). The molecule has 1 aromatic rings. The lowest BCUT2D eigenvalue weighted by Crippen LogP contribution is -2.37. The number of carbonyl (C=O) groups is 3. The van der Waals surface area contributed by atoms with Crippen LogP contribution in [0.5, 0.6) is 0 Å². The highest BCUT2D eigenvalue weighted by Crippen LogP contribution is 2.28. The summed E-state index contributed by atoms with van der Waals surface area (Å²) >= 11 is 0. The molecule has 0 unspecified atom stereocenters. The Labute approximate surface area is 142 Å². The first kappa shape index (κ1) is 16.7. The Hall–Kier alpha value is -2.17. The molecule has 0 bridgehead atoms. The SMILES string of the molecule is CC(C)CN(C(=O)CCCN1C(=O)c2ccccc2C1=O)C1CC1. The highest BCUT2D eigenvalue weighted by molar-refractivity contribution is 6.21. The van der Waals surface area contributed by atoms with Gasteiger partial charge in [-0.15, -0.1) is 0 Å². The van der Waals surface area contributed by atoms with Crippen LogP contribution in [0.15, 0.2) is 24.3 Å². The number of hydrogen-bond acceptors (Lipinski definition) is 3. The number of nitrogens with zero attached hydrogens (tertiary/aromatic N) is 2. The fourth-order valence-corrected chi connectivity index (χ4v) is 3.21. The topological polar surface area (TPSA) is 57.7 Å². The third-order valence-corrected chi connectivity index (χ3v) is 4.52. The summed E-state index contributed by atoms with van der Waals surface area (Å²) in [4.78, 5) is 40.3. The Balaban J connectivity index is 1.54. The van der Waals surface area contributed by atoms with Crippen molar-refractivity contribution in [2.75, 3.05) is 13.1 Å². The Kier molecular flexibility index (Phi) is 4.69. The molecule has 1 aromatic carbocycles. The van der Waals surface area contributed by atoms with Gasteiger partial charge in [0.1, 0.15) is 0 Å². The molecule has 0 saturated heterocycles. The van der Waals surface area contributed by atoms with Crippen molar-refractivity contribution in [3.05, 3.63) is 35.4 Å². The van der Waals surface area contributed by atoms with Crippen LogP contribution in [0.4, 0.5) is 0 Å². The molecule has 128 valence electrons. The Morgan fingerprint density at radius 1 is 1.17 bits per heavy atom. The van der Waals surface area contributed by atoms with E-state index < -0.39 is 0 Å². The Morgan fingerprint density at radius 2 is 1.75 bits per heavy atom. The predicted octanol–water partition coefficient (Wildman–Crippen LogP) is 2.71. The van der Waals surface area contributed by atoms with Crippen LogP contribution in [-0.4, -0.2) is 46.7 Å². The summed E-state index contributed by atoms with van der Waals surface area (Å²) in [6.45, 7) is 5.32. The second kappa shape index (κ2) is 6.75. The fraction of sp³-hybridized carbons (Fsp3) is 0.526. The highest BCUT2D eigenvalue weighted by Gasteiger charge is 2.35.